The number of hydrogen-bond acceptors (Lipinski definition) is 2. The number of carbonyl (C=O) groups excluding carboxylic acids is 1. The van der Waals surface area contributed by atoms with Crippen LogP contribution in [-0.2, 0) is 0 Å². The number of rotatable bonds is 2. The average Bonchev–Trinajstić information content (AvgIpc) is 2.20. The van der Waals surface area contributed by atoms with Gasteiger partial charge in [0, 0.05) is 0 Å². The molecule has 0 aliphatic rings. The Hall–Kier alpha value is -1.38. The van der Waals surface area contributed by atoms with Gasteiger partial charge in [0.2, 0.25) is 0 Å². The van der Waals surface area contributed by atoms with Crippen molar-refractivity contribution < 1.29 is 14.3 Å². The summed E-state index contributed by atoms with van der Waals surface area (Å²) in [6, 6.07) is 2.69. The van der Waals surface area contributed by atoms with Crippen LogP contribution in [0.4, 0.5) is 4.39 Å². The second kappa shape index (κ2) is 6.17. The van der Waals surface area contributed by atoms with Crippen LogP contribution in [0.5, 0.6) is 5.75 Å². The molecule has 0 aliphatic heterocycles. The zero-order chi connectivity index (χ0) is 12.0. The van der Waals surface area contributed by atoms with E-state index in [1.165, 1.54) is 12.1 Å². The summed E-state index contributed by atoms with van der Waals surface area (Å²) in [6.45, 7) is 7.77. The third kappa shape index (κ3) is 3.35. The molecule has 0 bridgehead atoms. The Bertz CT molecular complexity index is 309. The molecule has 3 heteroatoms. The molecule has 1 rings (SSSR count). The van der Waals surface area contributed by atoms with Gasteiger partial charge in [-0.3, -0.25) is 4.79 Å². The molecule has 0 radical (unpaired) electrons. The van der Waals surface area contributed by atoms with Crippen molar-refractivity contribution in [3.8, 4) is 5.75 Å². The minimum atomic E-state index is -0.668. The standard InChI is InChI=1S/C10H11FO2.C2H6/c1-6(2)7-3-9(11)8(5-12)10(13)4-7;1-2/h3-6,13H,1-2H3;1-2H3. The maximum absolute atomic E-state index is 13.1. The Labute approximate surface area is 89.7 Å². The minimum Gasteiger partial charge on any atom is -0.507 e. The number of phenols is 1. The molecule has 84 valence electrons. The predicted octanol–water partition coefficient (Wildman–Crippen LogP) is 3.49. The summed E-state index contributed by atoms with van der Waals surface area (Å²) in [4.78, 5) is 10.3. The Morgan fingerprint density at radius 3 is 2.20 bits per heavy atom. The molecular weight excluding hydrogens is 195 g/mol. The fraction of sp³-hybridized carbons (Fsp3) is 0.417. The topological polar surface area (TPSA) is 37.3 Å². The average molecular weight is 212 g/mol. The Morgan fingerprint density at radius 2 is 1.87 bits per heavy atom. The van der Waals surface area contributed by atoms with Gasteiger partial charge in [-0.1, -0.05) is 27.7 Å². The third-order valence-corrected chi connectivity index (χ3v) is 1.91. The van der Waals surface area contributed by atoms with Crippen LogP contribution in [0.2, 0.25) is 0 Å². The van der Waals surface area contributed by atoms with E-state index in [9.17, 15) is 14.3 Å². The van der Waals surface area contributed by atoms with E-state index in [4.69, 9.17) is 0 Å². The van der Waals surface area contributed by atoms with Crippen LogP contribution in [0.3, 0.4) is 0 Å². The second-order valence-corrected chi connectivity index (χ2v) is 3.21. The Morgan fingerprint density at radius 1 is 1.33 bits per heavy atom. The summed E-state index contributed by atoms with van der Waals surface area (Å²) >= 11 is 0. The molecule has 0 amide bonds. The van der Waals surface area contributed by atoms with E-state index in [2.05, 4.69) is 0 Å². The van der Waals surface area contributed by atoms with Crippen molar-refractivity contribution in [2.45, 2.75) is 33.6 Å². The smallest absolute Gasteiger partial charge is 0.156 e. The zero-order valence-corrected chi connectivity index (χ0v) is 9.54. The Kier molecular flexibility index (Phi) is 5.60. The van der Waals surface area contributed by atoms with Crippen LogP contribution in [0.1, 0.15) is 49.5 Å². The minimum absolute atomic E-state index is 0.126. The zero-order valence-electron chi connectivity index (χ0n) is 9.54. The molecule has 15 heavy (non-hydrogen) atoms. The van der Waals surface area contributed by atoms with Crippen LogP contribution < -0.4 is 0 Å². The number of phenolic OH excluding ortho intramolecular Hbond substituents is 1. The highest BCUT2D eigenvalue weighted by molar-refractivity contribution is 5.79. The van der Waals surface area contributed by atoms with E-state index in [1.54, 1.807) is 0 Å². The lowest BCUT2D eigenvalue weighted by atomic mass is 10.0. The van der Waals surface area contributed by atoms with E-state index in [0.29, 0.717) is 11.8 Å². The van der Waals surface area contributed by atoms with Gasteiger partial charge in [0.05, 0.1) is 5.56 Å². The first-order valence-electron chi connectivity index (χ1n) is 5.04. The van der Waals surface area contributed by atoms with Gasteiger partial charge in [-0.25, -0.2) is 4.39 Å². The molecule has 0 heterocycles. The first-order valence-corrected chi connectivity index (χ1v) is 5.04. The van der Waals surface area contributed by atoms with Gasteiger partial charge in [-0.05, 0) is 23.6 Å². The largest absolute Gasteiger partial charge is 0.507 e. The quantitative estimate of drug-likeness (QED) is 0.762. The molecule has 1 N–H and O–H groups in total. The lowest BCUT2D eigenvalue weighted by molar-refractivity contribution is 0.111. The number of hydrogen-bond donors (Lipinski definition) is 1. The molecule has 0 fully saturated rings. The summed E-state index contributed by atoms with van der Waals surface area (Å²) in [5.41, 5.74) is 0.407. The van der Waals surface area contributed by atoms with Crippen LogP contribution >= 0.6 is 0 Å². The molecule has 0 saturated heterocycles. The van der Waals surface area contributed by atoms with Gasteiger partial charge < -0.3 is 5.11 Å². The highest BCUT2D eigenvalue weighted by Crippen LogP contribution is 2.25. The van der Waals surface area contributed by atoms with Gasteiger partial charge >= 0.3 is 0 Å². The predicted molar refractivity (Wildman–Crippen MR) is 58.9 cm³/mol. The number of aromatic hydroxyl groups is 1. The number of halogens is 1. The van der Waals surface area contributed by atoms with Gasteiger partial charge in [-0.15, -0.1) is 0 Å². The fourth-order valence-corrected chi connectivity index (χ4v) is 1.07. The van der Waals surface area contributed by atoms with Crippen LogP contribution in [0.25, 0.3) is 0 Å². The number of aldehydes is 1. The molecule has 0 saturated carbocycles. The SMILES string of the molecule is CC.CC(C)c1cc(O)c(C=O)c(F)c1. The molecule has 0 spiro atoms. The maximum atomic E-state index is 13.1. The summed E-state index contributed by atoms with van der Waals surface area (Å²) in [5.74, 6) is -0.835. The normalized spacial score (nSPS) is 9.47. The second-order valence-electron chi connectivity index (χ2n) is 3.21. The van der Waals surface area contributed by atoms with Crippen molar-refractivity contribution in [1.82, 2.24) is 0 Å². The number of carbonyl (C=O) groups is 1. The summed E-state index contributed by atoms with van der Waals surface area (Å²) in [6.07, 6.45) is 0.314. The number of benzene rings is 1. The van der Waals surface area contributed by atoms with Gasteiger partial charge in [0.15, 0.2) is 6.29 Å². The molecule has 0 unspecified atom stereocenters. The van der Waals surface area contributed by atoms with Crippen molar-refractivity contribution in [3.63, 3.8) is 0 Å². The molecule has 0 aliphatic carbocycles. The summed E-state index contributed by atoms with van der Waals surface area (Å²) < 4.78 is 13.1. The highest BCUT2D eigenvalue weighted by Gasteiger charge is 2.10. The maximum Gasteiger partial charge on any atom is 0.156 e. The highest BCUT2D eigenvalue weighted by atomic mass is 19.1. The van der Waals surface area contributed by atoms with Crippen LogP contribution in [-0.4, -0.2) is 11.4 Å². The van der Waals surface area contributed by atoms with E-state index in [-0.39, 0.29) is 17.2 Å². The van der Waals surface area contributed by atoms with Crippen molar-refractivity contribution in [2.75, 3.05) is 0 Å². The third-order valence-electron chi connectivity index (χ3n) is 1.91. The molecule has 1 aromatic rings. The van der Waals surface area contributed by atoms with Gasteiger partial charge in [-0.2, -0.15) is 0 Å². The van der Waals surface area contributed by atoms with Gasteiger partial charge in [0.25, 0.3) is 0 Å². The monoisotopic (exact) mass is 212 g/mol. The van der Waals surface area contributed by atoms with E-state index >= 15 is 0 Å². The molecule has 2 nitrogen and oxygen atoms in total. The van der Waals surface area contributed by atoms with E-state index < -0.39 is 5.82 Å². The van der Waals surface area contributed by atoms with E-state index in [1.807, 2.05) is 27.7 Å². The molecular formula is C12H17FO2. The van der Waals surface area contributed by atoms with Crippen molar-refractivity contribution in [2.24, 2.45) is 0 Å². The van der Waals surface area contributed by atoms with Crippen molar-refractivity contribution in [1.29, 1.82) is 0 Å². The molecule has 0 atom stereocenters. The van der Waals surface area contributed by atoms with Gasteiger partial charge in [0.1, 0.15) is 11.6 Å². The first-order chi connectivity index (χ1) is 7.06. The summed E-state index contributed by atoms with van der Waals surface area (Å²) in [7, 11) is 0. The lowest BCUT2D eigenvalue weighted by Crippen LogP contribution is -1.94. The van der Waals surface area contributed by atoms with Crippen LogP contribution in [0, 0.1) is 5.82 Å². The Balaban J connectivity index is 0.000000921. The summed E-state index contributed by atoms with van der Waals surface area (Å²) in [5, 5.41) is 9.25. The lowest BCUT2D eigenvalue weighted by Gasteiger charge is -2.07. The van der Waals surface area contributed by atoms with E-state index in [0.717, 1.165) is 0 Å². The first kappa shape index (κ1) is 13.6. The molecule has 0 aromatic heterocycles. The fourth-order valence-electron chi connectivity index (χ4n) is 1.07. The van der Waals surface area contributed by atoms with Crippen molar-refractivity contribution in [3.05, 3.63) is 29.1 Å². The van der Waals surface area contributed by atoms with Crippen LogP contribution in [0.15, 0.2) is 12.1 Å². The van der Waals surface area contributed by atoms with Crippen molar-refractivity contribution >= 4 is 6.29 Å². The molecule has 1 aromatic carbocycles.